The Balaban J connectivity index is 1.87. The number of amides is 1. The second-order valence-corrected chi connectivity index (χ2v) is 10.3. The van der Waals surface area contributed by atoms with Gasteiger partial charge in [0.15, 0.2) is 5.17 Å². The first kappa shape index (κ1) is 20.6. The normalized spacial score (nSPS) is 18.8. The molecule has 1 aliphatic heterocycles. The minimum Gasteiger partial charge on any atom is -0.290 e. The van der Waals surface area contributed by atoms with Gasteiger partial charge >= 0.3 is 0 Å². The van der Waals surface area contributed by atoms with E-state index in [0.29, 0.717) is 23.8 Å². The van der Waals surface area contributed by atoms with E-state index in [4.69, 9.17) is 0 Å². The third kappa shape index (κ3) is 4.63. The van der Waals surface area contributed by atoms with Gasteiger partial charge in [0, 0.05) is 25.9 Å². The topological polar surface area (TPSA) is 70.0 Å². The third-order valence-electron chi connectivity index (χ3n) is 4.30. The second-order valence-electron chi connectivity index (χ2n) is 6.77. The van der Waals surface area contributed by atoms with Crippen LogP contribution in [0.2, 0.25) is 0 Å². The molecule has 0 aromatic heterocycles. The molecule has 0 N–H and O–H groups in total. The highest BCUT2D eigenvalue weighted by atomic mass is 32.2. The van der Waals surface area contributed by atoms with Crippen molar-refractivity contribution >= 4 is 38.5 Å². The summed E-state index contributed by atoms with van der Waals surface area (Å²) < 4.78 is 25.9. The van der Waals surface area contributed by atoms with Crippen LogP contribution in [0.5, 0.6) is 0 Å². The van der Waals surface area contributed by atoms with Crippen molar-refractivity contribution in [2.24, 2.45) is 4.99 Å². The van der Waals surface area contributed by atoms with Crippen LogP contribution in [0.25, 0.3) is 0 Å². The molecule has 28 heavy (non-hydrogen) atoms. The minimum absolute atomic E-state index is 0.0149. The Kier molecular flexibility index (Phi) is 6.22. The summed E-state index contributed by atoms with van der Waals surface area (Å²) in [5, 5.41) is 0.833. The van der Waals surface area contributed by atoms with Crippen molar-refractivity contribution < 1.29 is 13.2 Å². The summed E-state index contributed by atoms with van der Waals surface area (Å²) in [6, 6.07) is 16.1. The minimum atomic E-state index is -3.54. The van der Waals surface area contributed by atoms with Gasteiger partial charge in [-0.25, -0.2) is 17.7 Å². The van der Waals surface area contributed by atoms with E-state index in [2.05, 4.69) is 4.99 Å². The molecule has 0 unspecified atom stereocenters. The Bertz CT molecular complexity index is 989. The first-order valence-corrected chi connectivity index (χ1v) is 11.2. The summed E-state index contributed by atoms with van der Waals surface area (Å²) in [6.45, 7) is 2.63. The first-order valence-electron chi connectivity index (χ1n) is 8.89. The van der Waals surface area contributed by atoms with Crippen molar-refractivity contribution in [2.75, 3.05) is 20.6 Å². The lowest BCUT2D eigenvalue weighted by atomic mass is 10.1. The lowest BCUT2D eigenvalue weighted by Gasteiger charge is -2.16. The van der Waals surface area contributed by atoms with Crippen molar-refractivity contribution in [1.82, 2.24) is 9.21 Å². The van der Waals surface area contributed by atoms with Crippen molar-refractivity contribution in [3.05, 3.63) is 60.2 Å². The number of amidine groups is 1. The Hall–Kier alpha value is -2.16. The van der Waals surface area contributed by atoms with Gasteiger partial charge in [-0.15, -0.1) is 0 Å². The van der Waals surface area contributed by atoms with Crippen molar-refractivity contribution in [3.63, 3.8) is 0 Å². The van der Waals surface area contributed by atoms with Crippen molar-refractivity contribution in [2.45, 2.75) is 23.5 Å². The van der Waals surface area contributed by atoms with E-state index in [-0.39, 0.29) is 16.1 Å². The largest absolute Gasteiger partial charge is 0.290 e. The lowest BCUT2D eigenvalue weighted by molar-refractivity contribution is -0.126. The molecule has 0 aliphatic carbocycles. The van der Waals surface area contributed by atoms with Gasteiger partial charge in [0.2, 0.25) is 15.9 Å². The Morgan fingerprint density at radius 3 is 2.57 bits per heavy atom. The lowest BCUT2D eigenvalue weighted by Crippen LogP contribution is -2.33. The molecule has 0 bridgehead atoms. The van der Waals surface area contributed by atoms with Crippen LogP contribution in [0.4, 0.5) is 5.69 Å². The number of carbonyl (C=O) groups excluding carboxylic acids is 1. The number of sulfonamides is 1. The van der Waals surface area contributed by atoms with E-state index in [0.717, 1.165) is 5.56 Å². The number of thioether (sulfide) groups is 1. The summed E-state index contributed by atoms with van der Waals surface area (Å²) >= 11 is 1.52. The van der Waals surface area contributed by atoms with E-state index >= 15 is 0 Å². The maximum Gasteiger partial charge on any atom is 0.242 e. The summed E-state index contributed by atoms with van der Waals surface area (Å²) in [4.78, 5) is 19.3. The number of nitrogens with zero attached hydrogens (tertiary/aromatic N) is 3. The fourth-order valence-electron chi connectivity index (χ4n) is 2.81. The SMILES string of the molecule is C[C@H]1CN(C(=O)Cc2ccccc2)C(=Nc2cccc(S(=O)(=O)N(C)C)c2)S1. The molecule has 0 saturated carbocycles. The van der Waals surface area contributed by atoms with Gasteiger partial charge in [0.25, 0.3) is 0 Å². The number of hydrogen-bond donors (Lipinski definition) is 0. The maximum absolute atomic E-state index is 12.8. The van der Waals surface area contributed by atoms with Crippen LogP contribution in [0.3, 0.4) is 0 Å². The van der Waals surface area contributed by atoms with Crippen LogP contribution in [0, 0.1) is 0 Å². The molecule has 0 spiro atoms. The number of benzene rings is 2. The molecule has 148 valence electrons. The van der Waals surface area contributed by atoms with Crippen molar-refractivity contribution in [1.29, 1.82) is 0 Å². The van der Waals surface area contributed by atoms with E-state index in [1.54, 1.807) is 23.1 Å². The predicted molar refractivity (Wildman–Crippen MR) is 113 cm³/mol. The number of hydrogen-bond acceptors (Lipinski definition) is 5. The van der Waals surface area contributed by atoms with Gasteiger partial charge in [0.05, 0.1) is 17.0 Å². The highest BCUT2D eigenvalue weighted by molar-refractivity contribution is 8.14. The fourth-order valence-corrected chi connectivity index (χ4v) is 4.80. The molecule has 1 heterocycles. The summed E-state index contributed by atoms with van der Waals surface area (Å²) in [5.74, 6) is -0.0149. The van der Waals surface area contributed by atoms with Crippen LogP contribution in [0.1, 0.15) is 12.5 Å². The molecular weight excluding hydrogens is 394 g/mol. The molecule has 8 heteroatoms. The zero-order chi connectivity index (χ0) is 20.3. The second kappa shape index (κ2) is 8.46. The molecule has 1 atom stereocenters. The molecule has 6 nitrogen and oxygen atoms in total. The summed E-state index contributed by atoms with van der Waals surface area (Å²) in [6.07, 6.45) is 0.308. The molecule has 1 amide bonds. The van der Waals surface area contributed by atoms with E-state index < -0.39 is 10.0 Å². The van der Waals surface area contributed by atoms with E-state index in [1.807, 2.05) is 37.3 Å². The van der Waals surface area contributed by atoms with Gasteiger partial charge in [-0.1, -0.05) is 55.1 Å². The van der Waals surface area contributed by atoms with Gasteiger partial charge in [-0.3, -0.25) is 9.69 Å². The van der Waals surface area contributed by atoms with Crippen LogP contribution >= 0.6 is 11.8 Å². The highest BCUT2D eigenvalue weighted by Crippen LogP contribution is 2.29. The van der Waals surface area contributed by atoms with Gasteiger partial charge in [-0.2, -0.15) is 0 Å². The molecular formula is C20H23N3O3S2. The average Bonchev–Trinajstić information content (AvgIpc) is 3.03. The van der Waals surface area contributed by atoms with Gasteiger partial charge < -0.3 is 0 Å². The van der Waals surface area contributed by atoms with Gasteiger partial charge in [0.1, 0.15) is 0 Å². The van der Waals surface area contributed by atoms with Crippen LogP contribution < -0.4 is 0 Å². The average molecular weight is 418 g/mol. The van der Waals surface area contributed by atoms with Gasteiger partial charge in [-0.05, 0) is 23.8 Å². The fraction of sp³-hybridized carbons (Fsp3) is 0.300. The standard InChI is InChI=1S/C20H23N3O3S2/c1-15-14-23(19(24)12-16-8-5-4-6-9-16)20(27-15)21-17-10-7-11-18(13-17)28(25,26)22(2)3/h4-11,13,15H,12,14H2,1-3H3/t15-/m0/s1. The maximum atomic E-state index is 12.8. The van der Waals surface area contributed by atoms with E-state index in [1.165, 1.54) is 36.2 Å². The Morgan fingerprint density at radius 2 is 1.89 bits per heavy atom. The molecule has 2 aromatic carbocycles. The number of carbonyl (C=O) groups is 1. The summed E-state index contributed by atoms with van der Waals surface area (Å²) in [7, 11) is -0.553. The first-order chi connectivity index (χ1) is 13.3. The number of rotatable bonds is 5. The third-order valence-corrected chi connectivity index (χ3v) is 7.18. The molecule has 1 fully saturated rings. The zero-order valence-corrected chi connectivity index (χ0v) is 17.7. The highest BCUT2D eigenvalue weighted by Gasteiger charge is 2.30. The van der Waals surface area contributed by atoms with Crippen molar-refractivity contribution in [3.8, 4) is 0 Å². The molecule has 0 radical (unpaired) electrons. The predicted octanol–water partition coefficient (Wildman–Crippen LogP) is 3.13. The monoisotopic (exact) mass is 417 g/mol. The molecule has 1 saturated heterocycles. The molecule has 3 rings (SSSR count). The number of aliphatic imine (C=N–C) groups is 1. The van der Waals surface area contributed by atoms with Crippen LogP contribution in [-0.4, -0.2) is 54.6 Å². The smallest absolute Gasteiger partial charge is 0.242 e. The van der Waals surface area contributed by atoms with Crippen LogP contribution in [0.15, 0.2) is 64.5 Å². The molecule has 2 aromatic rings. The van der Waals surface area contributed by atoms with Crippen LogP contribution in [-0.2, 0) is 21.2 Å². The summed E-state index contributed by atoms with van der Waals surface area (Å²) in [5.41, 5.74) is 1.47. The Labute approximate surface area is 170 Å². The Morgan fingerprint density at radius 1 is 1.18 bits per heavy atom. The molecule has 1 aliphatic rings. The van der Waals surface area contributed by atoms with E-state index in [9.17, 15) is 13.2 Å². The quantitative estimate of drug-likeness (QED) is 0.749. The zero-order valence-electron chi connectivity index (χ0n) is 16.1.